The van der Waals surface area contributed by atoms with Crippen LogP contribution in [0.2, 0.25) is 0 Å². The van der Waals surface area contributed by atoms with Crippen molar-refractivity contribution in [3.63, 3.8) is 0 Å². The molecule has 0 saturated carbocycles. The topological polar surface area (TPSA) is 85.1 Å². The maximum absolute atomic E-state index is 13.0. The van der Waals surface area contributed by atoms with Crippen molar-refractivity contribution in [2.24, 2.45) is 11.7 Å². The Balaban J connectivity index is 1.58. The van der Waals surface area contributed by atoms with E-state index < -0.39 is 0 Å². The van der Waals surface area contributed by atoms with Gasteiger partial charge in [0.1, 0.15) is 5.75 Å². The van der Waals surface area contributed by atoms with E-state index in [2.05, 4.69) is 0 Å². The van der Waals surface area contributed by atoms with Crippen LogP contribution in [-0.4, -0.2) is 62.7 Å². The van der Waals surface area contributed by atoms with Gasteiger partial charge in [0, 0.05) is 32.7 Å². The Kier molecular flexibility index (Phi) is 6.91. The molecule has 1 aromatic rings. The number of amides is 2. The fourth-order valence-corrected chi connectivity index (χ4v) is 3.95. The molecule has 154 valence electrons. The van der Waals surface area contributed by atoms with E-state index in [1.807, 2.05) is 30.0 Å². The van der Waals surface area contributed by atoms with Crippen molar-refractivity contribution in [1.29, 1.82) is 0 Å². The summed E-state index contributed by atoms with van der Waals surface area (Å²) in [5, 5.41) is 0. The van der Waals surface area contributed by atoms with Crippen molar-refractivity contribution in [2.45, 2.75) is 38.7 Å². The predicted octanol–water partition coefficient (Wildman–Crippen LogP) is 1.71. The fourth-order valence-electron chi connectivity index (χ4n) is 3.95. The summed E-state index contributed by atoms with van der Waals surface area (Å²) in [6.07, 6.45) is 3.00. The molecule has 7 heteroatoms. The summed E-state index contributed by atoms with van der Waals surface area (Å²) in [5.74, 6) is 0.403. The fraction of sp³-hybridized carbons (Fsp3) is 0.619. The summed E-state index contributed by atoms with van der Waals surface area (Å²) in [6, 6.07) is 5.75. The van der Waals surface area contributed by atoms with E-state index >= 15 is 0 Å². The maximum Gasteiger partial charge on any atom is 0.228 e. The monoisotopic (exact) mass is 389 g/mol. The van der Waals surface area contributed by atoms with Gasteiger partial charge in [0.25, 0.3) is 0 Å². The first-order chi connectivity index (χ1) is 13.5. The number of benzene rings is 1. The molecule has 2 saturated heterocycles. The van der Waals surface area contributed by atoms with E-state index in [0.717, 1.165) is 30.5 Å². The largest absolute Gasteiger partial charge is 0.495 e. The van der Waals surface area contributed by atoms with Crippen molar-refractivity contribution >= 4 is 17.5 Å². The first-order valence-corrected chi connectivity index (χ1v) is 10.1. The molecule has 1 unspecified atom stereocenters. The Hall–Kier alpha value is -2.12. The normalized spacial score (nSPS) is 20.7. The van der Waals surface area contributed by atoms with Crippen LogP contribution in [0.5, 0.6) is 5.75 Å². The number of nitrogens with zero attached hydrogens (tertiary/aromatic N) is 2. The van der Waals surface area contributed by atoms with Crippen LogP contribution >= 0.6 is 0 Å². The van der Waals surface area contributed by atoms with Gasteiger partial charge in [-0.05, 0) is 50.4 Å². The van der Waals surface area contributed by atoms with Gasteiger partial charge >= 0.3 is 0 Å². The number of carbonyl (C=O) groups excluding carboxylic acids is 2. The molecular weight excluding hydrogens is 358 g/mol. The number of ether oxygens (including phenoxy) is 2. The van der Waals surface area contributed by atoms with Crippen LogP contribution in [-0.2, 0) is 14.3 Å². The molecule has 0 spiro atoms. The lowest BCUT2D eigenvalue weighted by molar-refractivity contribution is -0.138. The smallest absolute Gasteiger partial charge is 0.228 e. The summed E-state index contributed by atoms with van der Waals surface area (Å²) >= 11 is 0. The lowest BCUT2D eigenvalue weighted by Crippen LogP contribution is -2.44. The second-order valence-corrected chi connectivity index (χ2v) is 7.62. The van der Waals surface area contributed by atoms with Crippen molar-refractivity contribution in [3.05, 3.63) is 23.8 Å². The van der Waals surface area contributed by atoms with Crippen LogP contribution in [0.15, 0.2) is 18.2 Å². The molecule has 0 aromatic heterocycles. The molecule has 3 rings (SSSR count). The Morgan fingerprint density at radius 2 is 2.04 bits per heavy atom. The van der Waals surface area contributed by atoms with Gasteiger partial charge in [-0.15, -0.1) is 0 Å². The van der Waals surface area contributed by atoms with Crippen LogP contribution in [0.25, 0.3) is 0 Å². The van der Waals surface area contributed by atoms with Crippen molar-refractivity contribution in [2.75, 3.05) is 44.8 Å². The quantitative estimate of drug-likeness (QED) is 0.718. The molecule has 2 N–H and O–H groups in total. The number of nitrogens with two attached hydrogens (primary N) is 1. The summed E-state index contributed by atoms with van der Waals surface area (Å²) in [5.41, 5.74) is 7.29. The minimum Gasteiger partial charge on any atom is -0.495 e. The lowest BCUT2D eigenvalue weighted by atomic mass is 10.0. The van der Waals surface area contributed by atoms with Crippen LogP contribution in [0.4, 0.5) is 5.69 Å². The highest BCUT2D eigenvalue weighted by molar-refractivity contribution is 6.01. The summed E-state index contributed by atoms with van der Waals surface area (Å²) < 4.78 is 11.2. The molecule has 2 aliphatic heterocycles. The first-order valence-electron chi connectivity index (χ1n) is 10.1. The molecule has 1 aromatic carbocycles. The minimum absolute atomic E-state index is 0.0257. The van der Waals surface area contributed by atoms with Crippen molar-refractivity contribution in [1.82, 2.24) is 4.90 Å². The molecule has 2 amide bonds. The molecular formula is C21H31N3O4. The molecule has 0 bridgehead atoms. The third-order valence-electron chi connectivity index (χ3n) is 5.56. The number of likely N-dealkylation sites (tertiary alicyclic amines) is 1. The molecule has 2 heterocycles. The highest BCUT2D eigenvalue weighted by Crippen LogP contribution is 2.34. The third kappa shape index (κ3) is 4.64. The number of anilines is 1. The van der Waals surface area contributed by atoms with Crippen molar-refractivity contribution < 1.29 is 19.1 Å². The minimum atomic E-state index is -0.299. The summed E-state index contributed by atoms with van der Waals surface area (Å²) in [6.45, 7) is 5.07. The van der Waals surface area contributed by atoms with Gasteiger partial charge in [0.05, 0.1) is 24.8 Å². The maximum atomic E-state index is 13.0. The SMILES string of the molecule is COc1ccc(C)cc1N1CC(C(=O)N2CCC(OCCCN)CC2)CC1=O. The zero-order valence-electron chi connectivity index (χ0n) is 16.9. The van der Waals surface area contributed by atoms with Gasteiger partial charge in [0.15, 0.2) is 0 Å². The van der Waals surface area contributed by atoms with Gasteiger partial charge in [-0.3, -0.25) is 9.59 Å². The Bertz CT molecular complexity index is 701. The second kappa shape index (κ2) is 9.39. The highest BCUT2D eigenvalue weighted by atomic mass is 16.5. The summed E-state index contributed by atoms with van der Waals surface area (Å²) in [7, 11) is 1.59. The molecule has 2 fully saturated rings. The number of hydrogen-bond acceptors (Lipinski definition) is 5. The molecule has 0 aliphatic carbocycles. The average Bonchev–Trinajstić information content (AvgIpc) is 3.09. The predicted molar refractivity (Wildman–Crippen MR) is 107 cm³/mol. The zero-order valence-corrected chi connectivity index (χ0v) is 16.9. The number of piperidine rings is 1. The number of methoxy groups -OCH3 is 1. The van der Waals surface area contributed by atoms with Gasteiger partial charge in [-0.2, -0.15) is 0 Å². The number of hydrogen-bond donors (Lipinski definition) is 1. The number of carbonyl (C=O) groups is 2. The Labute approximate surface area is 166 Å². The average molecular weight is 389 g/mol. The van der Waals surface area contributed by atoms with E-state index in [4.69, 9.17) is 15.2 Å². The first kappa shape index (κ1) is 20.6. The van der Waals surface area contributed by atoms with Crippen LogP contribution in [0.3, 0.4) is 0 Å². The standard InChI is InChI=1S/C21H31N3O4/c1-15-4-5-19(27-2)18(12-15)24-14-16(13-20(24)25)21(26)23-9-6-17(7-10-23)28-11-3-8-22/h4-5,12,16-17H,3,6-11,13-14,22H2,1-2H3. The summed E-state index contributed by atoms with van der Waals surface area (Å²) in [4.78, 5) is 29.2. The van der Waals surface area contributed by atoms with Gasteiger partial charge in [-0.1, -0.05) is 6.07 Å². The second-order valence-electron chi connectivity index (χ2n) is 7.62. The lowest BCUT2D eigenvalue weighted by Gasteiger charge is -2.33. The van der Waals surface area contributed by atoms with Crippen LogP contribution < -0.4 is 15.4 Å². The van der Waals surface area contributed by atoms with Gasteiger partial charge in [0.2, 0.25) is 11.8 Å². The number of rotatable bonds is 7. The van der Waals surface area contributed by atoms with Gasteiger partial charge in [-0.25, -0.2) is 0 Å². The molecule has 0 radical (unpaired) electrons. The van der Waals surface area contributed by atoms with E-state index in [1.165, 1.54) is 0 Å². The van der Waals surface area contributed by atoms with E-state index in [0.29, 0.717) is 38.5 Å². The highest BCUT2D eigenvalue weighted by Gasteiger charge is 2.39. The molecule has 1 atom stereocenters. The molecule has 7 nitrogen and oxygen atoms in total. The van der Waals surface area contributed by atoms with E-state index in [9.17, 15) is 9.59 Å². The van der Waals surface area contributed by atoms with Crippen LogP contribution in [0, 0.1) is 12.8 Å². The van der Waals surface area contributed by atoms with E-state index in [-0.39, 0.29) is 30.3 Å². The van der Waals surface area contributed by atoms with E-state index in [1.54, 1.807) is 12.0 Å². The number of aryl methyl sites for hydroxylation is 1. The zero-order chi connectivity index (χ0) is 20.1. The van der Waals surface area contributed by atoms with Crippen LogP contribution in [0.1, 0.15) is 31.2 Å². The molecule has 28 heavy (non-hydrogen) atoms. The third-order valence-corrected chi connectivity index (χ3v) is 5.56. The van der Waals surface area contributed by atoms with Gasteiger partial charge < -0.3 is 25.0 Å². The van der Waals surface area contributed by atoms with Crippen molar-refractivity contribution in [3.8, 4) is 5.75 Å². The Morgan fingerprint density at radius 1 is 1.29 bits per heavy atom. The Morgan fingerprint density at radius 3 is 2.71 bits per heavy atom. The molecule has 2 aliphatic rings.